The number of nitrogens with zero attached hydrogens (tertiary/aromatic N) is 2. The van der Waals surface area contributed by atoms with Gasteiger partial charge in [-0.05, 0) is 34.4 Å². The van der Waals surface area contributed by atoms with Crippen molar-refractivity contribution in [2.24, 2.45) is 0 Å². The van der Waals surface area contributed by atoms with E-state index in [1.807, 2.05) is 18.4 Å². The van der Waals surface area contributed by atoms with Crippen LogP contribution < -0.4 is 5.32 Å². The second-order valence-corrected chi connectivity index (χ2v) is 5.68. The molecule has 0 aliphatic carbocycles. The summed E-state index contributed by atoms with van der Waals surface area (Å²) >= 11 is 1.84. The molecule has 1 N–H and O–H groups in total. The molecule has 0 aromatic carbocycles. The van der Waals surface area contributed by atoms with E-state index in [1.165, 1.54) is 15.6 Å². The van der Waals surface area contributed by atoms with Crippen molar-refractivity contribution in [1.82, 2.24) is 15.2 Å². The number of hydrogen-bond donors (Lipinski definition) is 1. The first-order valence-corrected chi connectivity index (χ1v) is 6.21. The SMILES string of the molecule is CNC1(c2nc(C)c(C)s2)CCN(C)C1. The monoisotopic (exact) mass is 225 g/mol. The molecule has 1 fully saturated rings. The average Bonchev–Trinajstić information content (AvgIpc) is 2.73. The molecule has 2 heterocycles. The summed E-state index contributed by atoms with van der Waals surface area (Å²) in [6.07, 6.45) is 1.16. The molecule has 1 aromatic rings. The van der Waals surface area contributed by atoms with E-state index in [-0.39, 0.29) is 5.54 Å². The molecule has 84 valence electrons. The van der Waals surface area contributed by atoms with Crippen LogP contribution in [-0.4, -0.2) is 37.1 Å². The lowest BCUT2D eigenvalue weighted by molar-refractivity contribution is 0.333. The van der Waals surface area contributed by atoms with Crippen LogP contribution in [0.5, 0.6) is 0 Å². The fourth-order valence-electron chi connectivity index (χ4n) is 2.16. The first-order valence-electron chi connectivity index (χ1n) is 5.39. The molecule has 3 nitrogen and oxygen atoms in total. The Morgan fingerprint density at radius 2 is 2.20 bits per heavy atom. The summed E-state index contributed by atoms with van der Waals surface area (Å²) in [5, 5.41) is 4.72. The van der Waals surface area contributed by atoms with E-state index >= 15 is 0 Å². The van der Waals surface area contributed by atoms with Crippen molar-refractivity contribution >= 4 is 11.3 Å². The summed E-state index contributed by atoms with van der Waals surface area (Å²) in [5.41, 5.74) is 1.28. The van der Waals surface area contributed by atoms with E-state index in [2.05, 4.69) is 31.1 Å². The average molecular weight is 225 g/mol. The van der Waals surface area contributed by atoms with Crippen molar-refractivity contribution in [3.63, 3.8) is 0 Å². The predicted octanol–water partition coefficient (Wildman–Crippen LogP) is 1.51. The van der Waals surface area contributed by atoms with Crippen molar-refractivity contribution in [2.75, 3.05) is 27.2 Å². The lowest BCUT2D eigenvalue weighted by Crippen LogP contribution is -2.42. The van der Waals surface area contributed by atoms with Crippen LogP contribution in [0.25, 0.3) is 0 Å². The lowest BCUT2D eigenvalue weighted by atomic mass is 10.00. The van der Waals surface area contributed by atoms with Crippen molar-refractivity contribution in [1.29, 1.82) is 0 Å². The van der Waals surface area contributed by atoms with Gasteiger partial charge in [0, 0.05) is 18.0 Å². The van der Waals surface area contributed by atoms with E-state index in [9.17, 15) is 0 Å². The van der Waals surface area contributed by atoms with Crippen LogP contribution in [0.4, 0.5) is 0 Å². The second kappa shape index (κ2) is 3.85. The molecule has 0 bridgehead atoms. The summed E-state index contributed by atoms with van der Waals surface area (Å²) in [6.45, 7) is 6.46. The van der Waals surface area contributed by atoms with Crippen LogP contribution in [0.1, 0.15) is 22.0 Å². The molecule has 4 heteroatoms. The highest BCUT2D eigenvalue weighted by Gasteiger charge is 2.39. The Hall–Kier alpha value is -0.450. The Morgan fingerprint density at radius 1 is 1.47 bits per heavy atom. The van der Waals surface area contributed by atoms with Gasteiger partial charge in [0.05, 0.1) is 11.2 Å². The molecular formula is C11H19N3S. The summed E-state index contributed by atoms with van der Waals surface area (Å²) in [5.74, 6) is 0. The zero-order chi connectivity index (χ0) is 11.1. The second-order valence-electron chi connectivity index (χ2n) is 4.48. The number of likely N-dealkylation sites (tertiary alicyclic amines) is 1. The van der Waals surface area contributed by atoms with Crippen molar-refractivity contribution < 1.29 is 0 Å². The van der Waals surface area contributed by atoms with Crippen LogP contribution in [0, 0.1) is 13.8 Å². The maximum absolute atomic E-state index is 4.70. The fourth-order valence-corrected chi connectivity index (χ4v) is 3.29. The minimum Gasteiger partial charge on any atom is -0.307 e. The number of aromatic nitrogens is 1. The molecule has 1 atom stereocenters. The van der Waals surface area contributed by atoms with Gasteiger partial charge in [0.1, 0.15) is 5.01 Å². The van der Waals surface area contributed by atoms with E-state index in [4.69, 9.17) is 4.98 Å². The summed E-state index contributed by atoms with van der Waals surface area (Å²) in [6, 6.07) is 0. The van der Waals surface area contributed by atoms with Gasteiger partial charge in [0.25, 0.3) is 0 Å². The largest absolute Gasteiger partial charge is 0.307 e. The number of likely N-dealkylation sites (N-methyl/N-ethyl adjacent to an activating group) is 2. The molecule has 1 saturated heterocycles. The van der Waals surface area contributed by atoms with Crippen molar-refractivity contribution in [3.8, 4) is 0 Å². The third-order valence-electron chi connectivity index (χ3n) is 3.38. The normalized spacial score (nSPS) is 27.5. The Kier molecular flexibility index (Phi) is 2.83. The standard InChI is InChI=1S/C11H19N3S/c1-8-9(2)15-10(13-8)11(12-3)5-6-14(4)7-11/h12H,5-7H2,1-4H3. The molecular weight excluding hydrogens is 206 g/mol. The van der Waals surface area contributed by atoms with Crippen molar-refractivity contribution in [2.45, 2.75) is 25.8 Å². The highest BCUT2D eigenvalue weighted by atomic mass is 32.1. The topological polar surface area (TPSA) is 28.2 Å². The van der Waals surface area contributed by atoms with Crippen LogP contribution in [0.3, 0.4) is 0 Å². The quantitative estimate of drug-likeness (QED) is 0.827. The van der Waals surface area contributed by atoms with Crippen LogP contribution in [0.15, 0.2) is 0 Å². The molecule has 0 spiro atoms. The van der Waals surface area contributed by atoms with Gasteiger partial charge in [-0.1, -0.05) is 0 Å². The minimum atomic E-state index is 0.0957. The van der Waals surface area contributed by atoms with Gasteiger partial charge < -0.3 is 10.2 Å². The molecule has 0 radical (unpaired) electrons. The minimum absolute atomic E-state index is 0.0957. The Labute approximate surface area is 95.5 Å². The van der Waals surface area contributed by atoms with Crippen LogP contribution in [-0.2, 0) is 5.54 Å². The molecule has 1 aliphatic rings. The highest BCUT2D eigenvalue weighted by molar-refractivity contribution is 7.11. The summed E-state index contributed by atoms with van der Waals surface area (Å²) < 4.78 is 0. The van der Waals surface area contributed by atoms with Gasteiger partial charge in [-0.3, -0.25) is 0 Å². The smallest absolute Gasteiger partial charge is 0.115 e. The molecule has 1 unspecified atom stereocenters. The summed E-state index contributed by atoms with van der Waals surface area (Å²) in [7, 11) is 4.22. The van der Waals surface area contributed by atoms with E-state index in [1.54, 1.807) is 0 Å². The van der Waals surface area contributed by atoms with Gasteiger partial charge in [-0.25, -0.2) is 4.98 Å². The Bertz CT molecular complexity index is 341. The number of rotatable bonds is 2. The van der Waals surface area contributed by atoms with E-state index < -0.39 is 0 Å². The molecule has 2 rings (SSSR count). The zero-order valence-electron chi connectivity index (χ0n) is 9.92. The predicted molar refractivity (Wildman–Crippen MR) is 64.4 cm³/mol. The molecule has 1 aromatic heterocycles. The number of hydrogen-bond acceptors (Lipinski definition) is 4. The van der Waals surface area contributed by atoms with E-state index in [0.29, 0.717) is 0 Å². The fraction of sp³-hybridized carbons (Fsp3) is 0.727. The molecule has 1 aliphatic heterocycles. The maximum Gasteiger partial charge on any atom is 0.115 e. The Balaban J connectivity index is 2.34. The first-order chi connectivity index (χ1) is 7.07. The lowest BCUT2D eigenvalue weighted by Gasteiger charge is -2.26. The molecule has 0 saturated carbocycles. The summed E-state index contributed by atoms with van der Waals surface area (Å²) in [4.78, 5) is 8.40. The number of aryl methyl sites for hydroxylation is 2. The Morgan fingerprint density at radius 3 is 2.60 bits per heavy atom. The van der Waals surface area contributed by atoms with Gasteiger partial charge in [-0.2, -0.15) is 0 Å². The zero-order valence-corrected chi connectivity index (χ0v) is 10.7. The van der Waals surface area contributed by atoms with Crippen LogP contribution >= 0.6 is 11.3 Å². The van der Waals surface area contributed by atoms with Gasteiger partial charge in [0.15, 0.2) is 0 Å². The molecule has 0 amide bonds. The first kappa shape index (κ1) is 11.0. The highest BCUT2D eigenvalue weighted by Crippen LogP contribution is 2.34. The molecule has 15 heavy (non-hydrogen) atoms. The number of thiazole rings is 1. The van der Waals surface area contributed by atoms with Gasteiger partial charge in [0.2, 0.25) is 0 Å². The number of nitrogens with one attached hydrogen (secondary N) is 1. The maximum atomic E-state index is 4.70. The van der Waals surface area contributed by atoms with E-state index in [0.717, 1.165) is 19.5 Å². The third-order valence-corrected chi connectivity index (χ3v) is 4.65. The van der Waals surface area contributed by atoms with Gasteiger partial charge in [-0.15, -0.1) is 11.3 Å². The van der Waals surface area contributed by atoms with Crippen LogP contribution in [0.2, 0.25) is 0 Å². The third kappa shape index (κ3) is 1.82. The van der Waals surface area contributed by atoms with Gasteiger partial charge >= 0.3 is 0 Å². The van der Waals surface area contributed by atoms with Crippen molar-refractivity contribution in [3.05, 3.63) is 15.6 Å².